The minimum absolute atomic E-state index is 0.0376. The Morgan fingerprint density at radius 2 is 1.89 bits per heavy atom. The third-order valence-corrected chi connectivity index (χ3v) is 4.98. The van der Waals surface area contributed by atoms with E-state index in [-0.39, 0.29) is 16.8 Å². The summed E-state index contributed by atoms with van der Waals surface area (Å²) in [6.07, 6.45) is 3.14. The highest BCUT2D eigenvalue weighted by atomic mass is 16.5. The molecule has 28 heavy (non-hydrogen) atoms. The van der Waals surface area contributed by atoms with Crippen LogP contribution in [0.2, 0.25) is 0 Å². The van der Waals surface area contributed by atoms with Crippen LogP contribution in [0.25, 0.3) is 5.69 Å². The summed E-state index contributed by atoms with van der Waals surface area (Å²) in [5.74, 6) is -0.475. The van der Waals surface area contributed by atoms with Gasteiger partial charge in [-0.1, -0.05) is 32.0 Å². The van der Waals surface area contributed by atoms with E-state index < -0.39 is 11.5 Å². The van der Waals surface area contributed by atoms with E-state index in [4.69, 9.17) is 4.74 Å². The van der Waals surface area contributed by atoms with E-state index in [1.54, 1.807) is 25.4 Å². The van der Waals surface area contributed by atoms with Gasteiger partial charge in [0, 0.05) is 44.1 Å². The van der Waals surface area contributed by atoms with Crippen LogP contribution in [0.1, 0.15) is 53.0 Å². The zero-order chi connectivity index (χ0) is 20.3. The number of benzene rings is 1. The van der Waals surface area contributed by atoms with Crippen LogP contribution in [0.3, 0.4) is 0 Å². The second kappa shape index (κ2) is 8.10. The summed E-state index contributed by atoms with van der Waals surface area (Å²) in [7, 11) is 1.60. The Kier molecular flexibility index (Phi) is 5.79. The van der Waals surface area contributed by atoms with Crippen LogP contribution in [0.15, 0.2) is 41.3 Å². The van der Waals surface area contributed by atoms with Gasteiger partial charge in [-0.15, -0.1) is 0 Å². The van der Waals surface area contributed by atoms with Crippen LogP contribution in [-0.2, 0) is 11.2 Å². The number of nitrogens with one attached hydrogen (secondary N) is 1. The molecule has 6 nitrogen and oxygen atoms in total. The van der Waals surface area contributed by atoms with Crippen LogP contribution in [0, 0.1) is 5.41 Å². The second-order valence-corrected chi connectivity index (χ2v) is 7.95. The number of ketones is 1. The molecule has 0 atom stereocenters. The van der Waals surface area contributed by atoms with Gasteiger partial charge in [-0.2, -0.15) is 0 Å². The van der Waals surface area contributed by atoms with Crippen molar-refractivity contribution in [3.05, 3.63) is 63.6 Å². The lowest BCUT2D eigenvalue weighted by Crippen LogP contribution is -2.39. The number of para-hydroxylation sites is 1. The molecule has 0 bridgehead atoms. The fourth-order valence-corrected chi connectivity index (χ4v) is 3.67. The van der Waals surface area contributed by atoms with Gasteiger partial charge in [-0.25, -0.2) is 0 Å². The number of hydrogen-bond donors (Lipinski definition) is 1. The molecule has 148 valence electrons. The number of aromatic nitrogens is 1. The molecule has 1 aliphatic rings. The second-order valence-electron chi connectivity index (χ2n) is 7.95. The SMILES string of the molecule is COCCCNC(=O)c1c2c(cn(-c3ccccc3)c1=O)C(=O)CC(C)(C)C2. The number of carbonyl (C=O) groups is 2. The van der Waals surface area contributed by atoms with Crippen LogP contribution >= 0.6 is 0 Å². The Balaban J connectivity index is 2.12. The van der Waals surface area contributed by atoms with Crippen molar-refractivity contribution < 1.29 is 14.3 Å². The molecule has 2 aromatic rings. The number of ether oxygens (including phenoxy) is 1. The predicted octanol–water partition coefficient (Wildman–Crippen LogP) is 2.76. The van der Waals surface area contributed by atoms with E-state index in [1.807, 2.05) is 32.0 Å². The predicted molar refractivity (Wildman–Crippen MR) is 107 cm³/mol. The molecule has 1 amide bonds. The molecular formula is C22H26N2O4. The first-order valence-corrected chi connectivity index (χ1v) is 9.48. The van der Waals surface area contributed by atoms with Crippen molar-refractivity contribution in [2.45, 2.75) is 33.1 Å². The highest BCUT2D eigenvalue weighted by Crippen LogP contribution is 2.35. The van der Waals surface area contributed by atoms with Crippen molar-refractivity contribution in [3.63, 3.8) is 0 Å². The smallest absolute Gasteiger partial charge is 0.268 e. The Morgan fingerprint density at radius 3 is 2.57 bits per heavy atom. The standard InChI is InChI=1S/C22H26N2O4/c1-22(2)12-16-17(18(25)13-22)14-24(15-8-5-4-6-9-15)21(27)19(16)20(26)23-10-7-11-28-3/h4-6,8-9,14H,7,10-13H2,1-3H3,(H,23,26). The molecule has 0 radical (unpaired) electrons. The van der Waals surface area contributed by atoms with E-state index in [9.17, 15) is 14.4 Å². The molecule has 1 heterocycles. The van der Waals surface area contributed by atoms with E-state index in [0.717, 1.165) is 0 Å². The lowest BCUT2D eigenvalue weighted by Gasteiger charge is -2.31. The van der Waals surface area contributed by atoms with Gasteiger partial charge in [0.25, 0.3) is 11.5 Å². The van der Waals surface area contributed by atoms with Crippen molar-refractivity contribution in [2.75, 3.05) is 20.3 Å². The van der Waals surface area contributed by atoms with E-state index >= 15 is 0 Å². The number of pyridine rings is 1. The number of fused-ring (bicyclic) bond motifs is 1. The van der Waals surface area contributed by atoms with Gasteiger partial charge < -0.3 is 10.1 Å². The van der Waals surface area contributed by atoms with Crippen LogP contribution in [0.5, 0.6) is 0 Å². The highest BCUT2D eigenvalue weighted by molar-refractivity contribution is 6.04. The fraction of sp³-hybridized carbons (Fsp3) is 0.409. The minimum Gasteiger partial charge on any atom is -0.385 e. The molecular weight excluding hydrogens is 356 g/mol. The molecule has 0 saturated carbocycles. The normalized spacial score (nSPS) is 15.2. The highest BCUT2D eigenvalue weighted by Gasteiger charge is 2.35. The van der Waals surface area contributed by atoms with Gasteiger partial charge >= 0.3 is 0 Å². The summed E-state index contributed by atoms with van der Waals surface area (Å²) in [5, 5.41) is 2.80. The van der Waals surface area contributed by atoms with Crippen molar-refractivity contribution >= 4 is 11.7 Å². The minimum atomic E-state index is -0.437. The number of rotatable bonds is 6. The number of carbonyl (C=O) groups excluding carboxylic acids is 2. The number of nitrogens with zero attached hydrogens (tertiary/aromatic N) is 1. The Labute approximate surface area is 164 Å². The Bertz CT molecular complexity index is 945. The number of amides is 1. The third-order valence-electron chi connectivity index (χ3n) is 4.98. The lowest BCUT2D eigenvalue weighted by molar-refractivity contribution is 0.0909. The molecule has 6 heteroatoms. The molecule has 0 unspecified atom stereocenters. The molecule has 1 aromatic carbocycles. The Morgan fingerprint density at radius 1 is 1.18 bits per heavy atom. The van der Waals surface area contributed by atoms with Gasteiger partial charge in [0.1, 0.15) is 5.56 Å². The molecule has 0 saturated heterocycles. The summed E-state index contributed by atoms with van der Waals surface area (Å²) >= 11 is 0. The first kappa shape index (κ1) is 20.0. The van der Waals surface area contributed by atoms with Gasteiger partial charge in [0.15, 0.2) is 5.78 Å². The molecule has 1 aliphatic carbocycles. The monoisotopic (exact) mass is 382 g/mol. The van der Waals surface area contributed by atoms with Crippen molar-refractivity contribution in [1.82, 2.24) is 9.88 Å². The zero-order valence-electron chi connectivity index (χ0n) is 16.6. The number of Topliss-reactive ketones (excluding diaryl/α,β-unsaturated/α-hetero) is 1. The zero-order valence-corrected chi connectivity index (χ0v) is 16.6. The topological polar surface area (TPSA) is 77.4 Å². The van der Waals surface area contributed by atoms with Gasteiger partial charge in [-0.3, -0.25) is 19.0 Å². The first-order valence-electron chi connectivity index (χ1n) is 9.48. The molecule has 3 rings (SSSR count). The third kappa shape index (κ3) is 4.07. The maximum atomic E-state index is 13.3. The van der Waals surface area contributed by atoms with Crippen molar-refractivity contribution in [2.24, 2.45) is 5.41 Å². The average Bonchev–Trinajstić information content (AvgIpc) is 2.64. The maximum Gasteiger partial charge on any atom is 0.268 e. The van der Waals surface area contributed by atoms with Crippen LogP contribution in [0.4, 0.5) is 0 Å². The summed E-state index contributed by atoms with van der Waals surface area (Å²) in [6.45, 7) is 4.89. The molecule has 0 aliphatic heterocycles. The number of hydrogen-bond acceptors (Lipinski definition) is 4. The fourth-order valence-electron chi connectivity index (χ4n) is 3.67. The lowest BCUT2D eigenvalue weighted by atomic mass is 9.73. The summed E-state index contributed by atoms with van der Waals surface area (Å²) in [6, 6.07) is 9.05. The van der Waals surface area contributed by atoms with Crippen LogP contribution in [-0.4, -0.2) is 36.5 Å². The van der Waals surface area contributed by atoms with Gasteiger partial charge in [0.05, 0.1) is 0 Å². The van der Waals surface area contributed by atoms with E-state index in [1.165, 1.54) is 4.57 Å². The molecule has 1 aromatic heterocycles. The van der Waals surface area contributed by atoms with Crippen molar-refractivity contribution in [3.8, 4) is 5.69 Å². The van der Waals surface area contributed by atoms with Crippen molar-refractivity contribution in [1.29, 1.82) is 0 Å². The molecule has 0 fully saturated rings. The van der Waals surface area contributed by atoms with E-state index in [2.05, 4.69) is 5.32 Å². The maximum absolute atomic E-state index is 13.3. The number of methoxy groups -OCH3 is 1. The van der Waals surface area contributed by atoms with Gasteiger partial charge in [0.2, 0.25) is 0 Å². The summed E-state index contributed by atoms with van der Waals surface area (Å²) in [4.78, 5) is 39.0. The van der Waals surface area contributed by atoms with E-state index in [0.29, 0.717) is 49.2 Å². The molecule has 1 N–H and O–H groups in total. The summed E-state index contributed by atoms with van der Waals surface area (Å²) < 4.78 is 6.40. The average molecular weight is 382 g/mol. The first-order chi connectivity index (χ1) is 13.3. The molecule has 0 spiro atoms. The summed E-state index contributed by atoms with van der Waals surface area (Å²) in [5.41, 5.74) is 1.02. The largest absolute Gasteiger partial charge is 0.385 e. The quantitative estimate of drug-likeness (QED) is 0.780. The Hall–Kier alpha value is -2.73. The van der Waals surface area contributed by atoms with Crippen LogP contribution < -0.4 is 10.9 Å². The van der Waals surface area contributed by atoms with Gasteiger partial charge in [-0.05, 0) is 36.0 Å².